The largest absolute Gasteiger partial charge is 0.383 e. The van der Waals surface area contributed by atoms with E-state index in [2.05, 4.69) is 9.97 Å². The lowest BCUT2D eigenvalue weighted by atomic mass is 10.1. The van der Waals surface area contributed by atoms with Gasteiger partial charge in [-0.05, 0) is 37.5 Å². The van der Waals surface area contributed by atoms with Crippen LogP contribution in [0.3, 0.4) is 0 Å². The summed E-state index contributed by atoms with van der Waals surface area (Å²) in [7, 11) is 0. The minimum atomic E-state index is -0.639. The Morgan fingerprint density at radius 2 is 1.91 bits per heavy atom. The maximum atomic E-state index is 13.3. The number of carbonyl (C=O) groups excluding carboxylic acids is 1. The van der Waals surface area contributed by atoms with E-state index in [-0.39, 0.29) is 23.2 Å². The second kappa shape index (κ2) is 11.2. The molecule has 2 aromatic heterocycles. The van der Waals surface area contributed by atoms with Gasteiger partial charge in [0, 0.05) is 18.5 Å². The summed E-state index contributed by atoms with van der Waals surface area (Å²) >= 11 is 1.32. The summed E-state index contributed by atoms with van der Waals surface area (Å²) in [6, 6.07) is 9.83. The molecule has 0 radical (unpaired) electrons. The van der Waals surface area contributed by atoms with Gasteiger partial charge < -0.3 is 10.6 Å². The molecule has 0 aliphatic rings. The molecule has 0 fully saturated rings. The maximum absolute atomic E-state index is 13.3. The van der Waals surface area contributed by atoms with E-state index < -0.39 is 11.2 Å². The fourth-order valence-electron chi connectivity index (χ4n) is 3.66. The summed E-state index contributed by atoms with van der Waals surface area (Å²) < 4.78 is 1.34. The van der Waals surface area contributed by atoms with Crippen molar-refractivity contribution >= 4 is 40.1 Å². The van der Waals surface area contributed by atoms with Gasteiger partial charge in [-0.15, -0.1) is 0 Å². The Balaban J connectivity index is 1.90. The van der Waals surface area contributed by atoms with E-state index in [0.29, 0.717) is 19.5 Å². The number of nitrogens with two attached hydrogens (primary N) is 1. The van der Waals surface area contributed by atoms with Crippen molar-refractivity contribution in [1.29, 1.82) is 0 Å². The van der Waals surface area contributed by atoms with Crippen LogP contribution in [0.4, 0.5) is 11.5 Å². The smallest absolute Gasteiger partial charge is 0.330 e. The SMILES string of the molecule is CCCCN(C(=O)CSc1cc(C)c2ccccc2n1)c1c(N)n(CCCC)c(=O)[nH]c1=O. The van der Waals surface area contributed by atoms with Gasteiger partial charge in [0.2, 0.25) is 5.91 Å². The fraction of sp³-hybridized carbons (Fsp3) is 0.417. The number of nitrogens with one attached hydrogen (secondary N) is 1. The van der Waals surface area contributed by atoms with Crippen molar-refractivity contribution in [3.63, 3.8) is 0 Å². The minimum Gasteiger partial charge on any atom is -0.383 e. The number of hydrogen-bond acceptors (Lipinski definition) is 6. The van der Waals surface area contributed by atoms with Gasteiger partial charge in [-0.3, -0.25) is 19.1 Å². The van der Waals surface area contributed by atoms with Crippen LogP contribution >= 0.6 is 11.8 Å². The number of aryl methyl sites for hydroxylation is 1. The Labute approximate surface area is 197 Å². The van der Waals surface area contributed by atoms with Crippen LogP contribution in [0.2, 0.25) is 0 Å². The predicted molar refractivity (Wildman–Crippen MR) is 135 cm³/mol. The highest BCUT2D eigenvalue weighted by Gasteiger charge is 2.24. The quantitative estimate of drug-likeness (QED) is 0.438. The summed E-state index contributed by atoms with van der Waals surface area (Å²) in [5.74, 6) is -0.119. The molecule has 2 heterocycles. The number of amides is 1. The number of fused-ring (bicyclic) bond motifs is 1. The second-order valence-electron chi connectivity index (χ2n) is 7.98. The van der Waals surface area contributed by atoms with Crippen LogP contribution in [-0.2, 0) is 11.3 Å². The molecule has 3 rings (SSSR count). The Morgan fingerprint density at radius 3 is 2.64 bits per heavy atom. The number of aromatic nitrogens is 3. The lowest BCUT2D eigenvalue weighted by Gasteiger charge is -2.24. The number of carbonyl (C=O) groups is 1. The van der Waals surface area contributed by atoms with Crippen molar-refractivity contribution in [3.05, 3.63) is 56.7 Å². The van der Waals surface area contributed by atoms with Gasteiger partial charge >= 0.3 is 5.69 Å². The van der Waals surface area contributed by atoms with Crippen molar-refractivity contribution in [3.8, 4) is 0 Å². The third-order valence-corrected chi connectivity index (χ3v) is 6.39. The Morgan fingerprint density at radius 1 is 1.18 bits per heavy atom. The number of thioether (sulfide) groups is 1. The van der Waals surface area contributed by atoms with Gasteiger partial charge in [0.1, 0.15) is 5.82 Å². The average Bonchev–Trinajstić information content (AvgIpc) is 2.79. The summed E-state index contributed by atoms with van der Waals surface area (Å²) in [4.78, 5) is 46.7. The van der Waals surface area contributed by atoms with Crippen LogP contribution < -0.4 is 21.9 Å². The van der Waals surface area contributed by atoms with E-state index in [1.807, 2.05) is 51.1 Å². The molecule has 0 spiro atoms. The Hall–Kier alpha value is -3.07. The lowest BCUT2D eigenvalue weighted by Crippen LogP contribution is -2.42. The van der Waals surface area contributed by atoms with E-state index in [1.165, 1.54) is 21.2 Å². The van der Waals surface area contributed by atoms with Gasteiger partial charge in [-0.25, -0.2) is 9.78 Å². The van der Waals surface area contributed by atoms with Gasteiger partial charge in [0.15, 0.2) is 5.69 Å². The number of anilines is 2. The molecule has 0 saturated carbocycles. The number of aromatic amines is 1. The summed E-state index contributed by atoms with van der Waals surface area (Å²) in [5.41, 5.74) is 7.07. The molecule has 0 aliphatic heterocycles. The third kappa shape index (κ3) is 5.65. The molecule has 33 heavy (non-hydrogen) atoms. The first-order chi connectivity index (χ1) is 15.9. The number of para-hydroxylation sites is 1. The maximum Gasteiger partial charge on any atom is 0.330 e. The highest BCUT2D eigenvalue weighted by atomic mass is 32.2. The van der Waals surface area contributed by atoms with Gasteiger partial charge in [-0.1, -0.05) is 56.7 Å². The minimum absolute atomic E-state index is 0.0336. The number of rotatable bonds is 10. The first-order valence-corrected chi connectivity index (χ1v) is 12.3. The molecule has 0 bridgehead atoms. The van der Waals surface area contributed by atoms with Gasteiger partial charge in [-0.2, -0.15) is 0 Å². The normalized spacial score (nSPS) is 11.1. The van der Waals surface area contributed by atoms with E-state index in [1.54, 1.807) is 0 Å². The van der Waals surface area contributed by atoms with Crippen LogP contribution in [0.1, 0.15) is 45.1 Å². The summed E-state index contributed by atoms with van der Waals surface area (Å²) in [6.45, 7) is 6.76. The zero-order valence-electron chi connectivity index (χ0n) is 19.4. The van der Waals surface area contributed by atoms with Crippen molar-refractivity contribution in [2.45, 2.75) is 58.0 Å². The summed E-state index contributed by atoms with van der Waals surface area (Å²) in [6.07, 6.45) is 3.15. The molecular formula is C24H31N5O3S. The first kappa shape index (κ1) is 24.6. The standard InChI is InChI=1S/C24H31N5O3S/c1-4-6-12-28(21-22(25)29(13-7-5-2)24(32)27-23(21)31)20(30)15-33-19-14-16(3)17-10-8-9-11-18(17)26-19/h8-11,14H,4-7,12-13,15,25H2,1-3H3,(H,27,31,32). The second-order valence-corrected chi connectivity index (χ2v) is 8.98. The molecule has 0 saturated heterocycles. The monoisotopic (exact) mass is 469 g/mol. The molecule has 1 aromatic carbocycles. The molecule has 0 unspecified atom stereocenters. The molecule has 1 amide bonds. The van der Waals surface area contributed by atoms with Crippen molar-refractivity contribution in [2.75, 3.05) is 22.9 Å². The Kier molecular flexibility index (Phi) is 8.32. The molecule has 3 N–H and O–H groups in total. The van der Waals surface area contributed by atoms with Crippen LogP contribution in [0.15, 0.2) is 44.9 Å². The molecule has 3 aromatic rings. The van der Waals surface area contributed by atoms with Gasteiger partial charge in [0.25, 0.3) is 5.56 Å². The number of pyridine rings is 1. The first-order valence-electron chi connectivity index (χ1n) is 11.3. The molecule has 176 valence electrons. The number of unbranched alkanes of at least 4 members (excludes halogenated alkanes) is 2. The summed E-state index contributed by atoms with van der Waals surface area (Å²) in [5, 5.41) is 1.82. The average molecular weight is 470 g/mol. The van der Waals surface area contributed by atoms with Crippen LogP contribution in [-0.4, -0.2) is 32.7 Å². The molecule has 9 heteroatoms. The fourth-order valence-corrected chi connectivity index (χ4v) is 4.51. The third-order valence-electron chi connectivity index (χ3n) is 5.50. The molecule has 0 atom stereocenters. The Bertz CT molecular complexity index is 1250. The number of nitrogens with zero attached hydrogens (tertiary/aromatic N) is 3. The van der Waals surface area contributed by atoms with Crippen LogP contribution in [0.25, 0.3) is 10.9 Å². The molecular weight excluding hydrogens is 438 g/mol. The van der Waals surface area contributed by atoms with Crippen LogP contribution in [0, 0.1) is 6.92 Å². The number of H-pyrrole nitrogens is 1. The van der Waals surface area contributed by atoms with Crippen LogP contribution in [0.5, 0.6) is 0 Å². The van der Waals surface area contributed by atoms with E-state index in [9.17, 15) is 14.4 Å². The predicted octanol–water partition coefficient (Wildman–Crippen LogP) is 3.70. The van der Waals surface area contributed by atoms with Crippen molar-refractivity contribution in [1.82, 2.24) is 14.5 Å². The topological polar surface area (TPSA) is 114 Å². The van der Waals surface area contributed by atoms with E-state index in [4.69, 9.17) is 5.73 Å². The van der Waals surface area contributed by atoms with E-state index >= 15 is 0 Å². The molecule has 0 aliphatic carbocycles. The van der Waals surface area contributed by atoms with Gasteiger partial charge in [0.05, 0.1) is 16.3 Å². The highest BCUT2D eigenvalue weighted by molar-refractivity contribution is 7.99. The number of benzene rings is 1. The number of hydrogen-bond donors (Lipinski definition) is 2. The zero-order valence-corrected chi connectivity index (χ0v) is 20.2. The van der Waals surface area contributed by atoms with Crippen molar-refractivity contribution in [2.24, 2.45) is 0 Å². The zero-order chi connectivity index (χ0) is 24.0. The lowest BCUT2D eigenvalue weighted by molar-refractivity contribution is -0.116. The van der Waals surface area contributed by atoms with Crippen molar-refractivity contribution < 1.29 is 4.79 Å². The highest BCUT2D eigenvalue weighted by Crippen LogP contribution is 2.25. The molecule has 8 nitrogen and oxygen atoms in total. The number of nitrogen functional groups attached to an aromatic ring is 1. The van der Waals surface area contributed by atoms with E-state index in [0.717, 1.165) is 40.8 Å².